The Labute approximate surface area is 134 Å². The summed E-state index contributed by atoms with van der Waals surface area (Å²) in [5.41, 5.74) is 6.46. The molecule has 0 saturated carbocycles. The molecule has 0 spiro atoms. The molecule has 5 nitrogen and oxygen atoms in total. The van der Waals surface area contributed by atoms with Crippen molar-refractivity contribution in [1.29, 1.82) is 0 Å². The van der Waals surface area contributed by atoms with Crippen molar-refractivity contribution in [2.45, 2.75) is 6.42 Å². The van der Waals surface area contributed by atoms with Crippen LogP contribution in [0.2, 0.25) is 0 Å². The monoisotopic (exact) mass is 310 g/mol. The molecule has 0 atom stereocenters. The molecule has 5 heteroatoms. The van der Waals surface area contributed by atoms with Crippen molar-refractivity contribution < 1.29 is 14.3 Å². The minimum absolute atomic E-state index is 0.173. The number of carbonyl (C=O) groups excluding carboxylic acids is 2. The van der Waals surface area contributed by atoms with Crippen LogP contribution in [0.3, 0.4) is 0 Å². The molecular formula is C18H18N2O3. The number of ether oxygens (including phenoxy) is 1. The summed E-state index contributed by atoms with van der Waals surface area (Å²) < 4.78 is 5.05. The van der Waals surface area contributed by atoms with Crippen molar-refractivity contribution >= 4 is 17.9 Å². The van der Waals surface area contributed by atoms with Gasteiger partial charge in [0.2, 0.25) is 5.91 Å². The van der Waals surface area contributed by atoms with Crippen LogP contribution in [0.5, 0.6) is 5.75 Å². The van der Waals surface area contributed by atoms with Gasteiger partial charge in [-0.15, -0.1) is 0 Å². The molecule has 0 bridgehead atoms. The molecule has 0 aromatic heterocycles. The van der Waals surface area contributed by atoms with Gasteiger partial charge in [0.1, 0.15) is 5.75 Å². The molecule has 0 saturated heterocycles. The van der Waals surface area contributed by atoms with Gasteiger partial charge in [0, 0.05) is 6.08 Å². The number of rotatable bonds is 5. The fourth-order valence-electron chi connectivity index (χ4n) is 1.88. The molecule has 23 heavy (non-hydrogen) atoms. The number of hydrogen-bond donors (Lipinski definition) is 2. The summed E-state index contributed by atoms with van der Waals surface area (Å²) in [6.07, 6.45) is 3.21. The molecule has 2 amide bonds. The molecule has 0 aliphatic heterocycles. The highest BCUT2D eigenvalue weighted by molar-refractivity contribution is 5.93. The third kappa shape index (κ3) is 5.67. The highest BCUT2D eigenvalue weighted by atomic mass is 16.5. The lowest BCUT2D eigenvalue weighted by atomic mass is 10.1. The number of carbonyl (C=O) groups is 2. The number of methoxy groups -OCH3 is 1. The van der Waals surface area contributed by atoms with Gasteiger partial charge in [0.25, 0.3) is 5.91 Å². The first-order valence-corrected chi connectivity index (χ1v) is 7.12. The van der Waals surface area contributed by atoms with Crippen molar-refractivity contribution in [3.8, 4) is 5.75 Å². The Bertz CT molecular complexity index is 679. The minimum Gasteiger partial charge on any atom is -0.497 e. The van der Waals surface area contributed by atoms with Gasteiger partial charge in [-0.2, -0.15) is 0 Å². The SMILES string of the molecule is COc1ccc(CC(=O)NNC(=O)/C=C/c2ccccc2)cc1. The topological polar surface area (TPSA) is 67.4 Å². The number of nitrogens with one attached hydrogen (secondary N) is 2. The molecule has 0 radical (unpaired) electrons. The maximum absolute atomic E-state index is 11.8. The van der Waals surface area contributed by atoms with E-state index in [9.17, 15) is 9.59 Å². The lowest BCUT2D eigenvalue weighted by Crippen LogP contribution is -2.41. The zero-order chi connectivity index (χ0) is 16.5. The van der Waals surface area contributed by atoms with E-state index >= 15 is 0 Å². The number of amides is 2. The van der Waals surface area contributed by atoms with Crippen LogP contribution in [-0.4, -0.2) is 18.9 Å². The quantitative estimate of drug-likeness (QED) is 0.656. The average Bonchev–Trinajstić information content (AvgIpc) is 2.60. The van der Waals surface area contributed by atoms with E-state index in [0.29, 0.717) is 0 Å². The predicted molar refractivity (Wildman–Crippen MR) is 88.5 cm³/mol. The van der Waals surface area contributed by atoms with Gasteiger partial charge in [-0.05, 0) is 29.3 Å². The van der Waals surface area contributed by atoms with Crippen molar-refractivity contribution in [3.05, 3.63) is 71.8 Å². The summed E-state index contributed by atoms with van der Waals surface area (Å²) in [4.78, 5) is 23.4. The zero-order valence-electron chi connectivity index (χ0n) is 12.8. The molecule has 0 aliphatic rings. The van der Waals surface area contributed by atoms with Crippen molar-refractivity contribution in [2.24, 2.45) is 0 Å². The van der Waals surface area contributed by atoms with E-state index in [1.165, 1.54) is 6.08 Å². The van der Waals surface area contributed by atoms with Crippen LogP contribution in [0.1, 0.15) is 11.1 Å². The standard InChI is InChI=1S/C18H18N2O3/c1-23-16-10-7-15(8-11-16)13-18(22)20-19-17(21)12-9-14-5-3-2-4-6-14/h2-12H,13H2,1H3,(H,19,21)(H,20,22)/b12-9+. The Morgan fingerprint density at radius 1 is 1.00 bits per heavy atom. The fraction of sp³-hybridized carbons (Fsp3) is 0.111. The van der Waals surface area contributed by atoms with Crippen LogP contribution < -0.4 is 15.6 Å². The Morgan fingerprint density at radius 2 is 1.70 bits per heavy atom. The third-order valence-corrected chi connectivity index (χ3v) is 3.08. The van der Waals surface area contributed by atoms with Crippen LogP contribution in [0.25, 0.3) is 6.08 Å². The van der Waals surface area contributed by atoms with Gasteiger partial charge in [0.05, 0.1) is 13.5 Å². The molecule has 2 aromatic carbocycles. The highest BCUT2D eigenvalue weighted by Crippen LogP contribution is 2.11. The first-order valence-electron chi connectivity index (χ1n) is 7.12. The van der Waals surface area contributed by atoms with E-state index in [0.717, 1.165) is 16.9 Å². The van der Waals surface area contributed by atoms with Gasteiger partial charge in [-0.25, -0.2) is 0 Å². The van der Waals surface area contributed by atoms with E-state index in [1.54, 1.807) is 37.5 Å². The highest BCUT2D eigenvalue weighted by Gasteiger charge is 2.04. The number of hydrazine groups is 1. The summed E-state index contributed by atoms with van der Waals surface area (Å²) in [6, 6.07) is 16.6. The predicted octanol–water partition coefficient (Wildman–Crippen LogP) is 2.10. The zero-order valence-corrected chi connectivity index (χ0v) is 12.8. The van der Waals surface area contributed by atoms with Gasteiger partial charge in [-0.1, -0.05) is 42.5 Å². The fourth-order valence-corrected chi connectivity index (χ4v) is 1.88. The van der Waals surface area contributed by atoms with Crippen LogP contribution in [0.15, 0.2) is 60.7 Å². The lowest BCUT2D eigenvalue weighted by Gasteiger charge is -2.06. The number of hydrogen-bond acceptors (Lipinski definition) is 3. The van der Waals surface area contributed by atoms with Gasteiger partial charge >= 0.3 is 0 Å². The van der Waals surface area contributed by atoms with Crippen molar-refractivity contribution in [2.75, 3.05) is 7.11 Å². The second kappa shape index (κ2) is 8.38. The Kier molecular flexibility index (Phi) is 5.94. The largest absolute Gasteiger partial charge is 0.497 e. The van der Waals surface area contributed by atoms with Crippen molar-refractivity contribution in [1.82, 2.24) is 10.9 Å². The van der Waals surface area contributed by atoms with Gasteiger partial charge in [-0.3, -0.25) is 20.4 Å². The summed E-state index contributed by atoms with van der Waals surface area (Å²) in [6.45, 7) is 0. The second-order valence-corrected chi connectivity index (χ2v) is 4.81. The Hall–Kier alpha value is -3.08. The minimum atomic E-state index is -0.392. The molecule has 2 N–H and O–H groups in total. The summed E-state index contributed by atoms with van der Waals surface area (Å²) >= 11 is 0. The number of benzene rings is 2. The second-order valence-electron chi connectivity index (χ2n) is 4.81. The third-order valence-electron chi connectivity index (χ3n) is 3.08. The maximum atomic E-state index is 11.8. The molecule has 0 heterocycles. The summed E-state index contributed by atoms with van der Waals surface area (Å²) in [5, 5.41) is 0. The Morgan fingerprint density at radius 3 is 2.35 bits per heavy atom. The van der Waals surface area contributed by atoms with Crippen LogP contribution in [0.4, 0.5) is 0 Å². The molecule has 2 aromatic rings. The maximum Gasteiger partial charge on any atom is 0.262 e. The molecule has 118 valence electrons. The van der Waals surface area contributed by atoms with E-state index in [2.05, 4.69) is 10.9 Å². The molecule has 0 fully saturated rings. The molecule has 0 unspecified atom stereocenters. The smallest absolute Gasteiger partial charge is 0.262 e. The van der Waals surface area contributed by atoms with Gasteiger partial charge in [0.15, 0.2) is 0 Å². The summed E-state index contributed by atoms with van der Waals surface area (Å²) in [7, 11) is 1.58. The van der Waals surface area contributed by atoms with E-state index in [-0.39, 0.29) is 12.3 Å². The summed E-state index contributed by atoms with van der Waals surface area (Å²) in [5.74, 6) is 0.0436. The van der Waals surface area contributed by atoms with Crippen LogP contribution in [-0.2, 0) is 16.0 Å². The molecule has 0 aliphatic carbocycles. The first kappa shape index (κ1) is 16.3. The molecular weight excluding hydrogens is 292 g/mol. The molecule has 2 rings (SSSR count). The Balaban J connectivity index is 1.77. The van der Waals surface area contributed by atoms with E-state index in [1.807, 2.05) is 30.3 Å². The van der Waals surface area contributed by atoms with Gasteiger partial charge < -0.3 is 4.74 Å². The van der Waals surface area contributed by atoms with E-state index < -0.39 is 5.91 Å². The van der Waals surface area contributed by atoms with Crippen LogP contribution >= 0.6 is 0 Å². The van der Waals surface area contributed by atoms with Crippen molar-refractivity contribution in [3.63, 3.8) is 0 Å². The first-order chi connectivity index (χ1) is 11.2. The normalized spacial score (nSPS) is 10.3. The van der Waals surface area contributed by atoms with E-state index in [4.69, 9.17) is 4.74 Å². The van der Waals surface area contributed by atoms with Crippen LogP contribution in [0, 0.1) is 0 Å². The average molecular weight is 310 g/mol. The lowest BCUT2D eigenvalue weighted by molar-refractivity contribution is -0.126.